The molecule has 2 amide bonds. The van der Waals surface area contributed by atoms with Gasteiger partial charge in [-0.3, -0.25) is 25.0 Å². The molecule has 2 aromatic carbocycles. The molecular formula is C17H16N4O4S. The molecule has 0 atom stereocenters. The zero-order chi connectivity index (χ0) is 19.3. The predicted molar refractivity (Wildman–Crippen MR) is 101 cm³/mol. The van der Waals surface area contributed by atoms with Gasteiger partial charge in [0.1, 0.15) is 0 Å². The average Bonchev–Trinajstić information content (AvgIpc) is 2.61. The second kappa shape index (κ2) is 8.17. The summed E-state index contributed by atoms with van der Waals surface area (Å²) in [7, 11) is 3.32. The molecule has 2 aromatic rings. The van der Waals surface area contributed by atoms with E-state index in [2.05, 4.69) is 10.6 Å². The minimum Gasteiger partial charge on any atom is -0.345 e. The highest BCUT2D eigenvalue weighted by atomic mass is 32.1. The number of nitro benzene ring substituents is 1. The lowest BCUT2D eigenvalue weighted by molar-refractivity contribution is -0.384. The summed E-state index contributed by atoms with van der Waals surface area (Å²) in [5, 5.41) is 16.1. The Morgan fingerprint density at radius 3 is 2.31 bits per heavy atom. The van der Waals surface area contributed by atoms with Crippen LogP contribution in [0.2, 0.25) is 0 Å². The third kappa shape index (κ3) is 4.84. The molecule has 0 saturated heterocycles. The van der Waals surface area contributed by atoms with Crippen LogP contribution < -0.4 is 10.6 Å². The molecule has 0 fully saturated rings. The van der Waals surface area contributed by atoms with Gasteiger partial charge in [0.2, 0.25) is 0 Å². The largest absolute Gasteiger partial charge is 0.345 e. The first kappa shape index (κ1) is 19.0. The van der Waals surface area contributed by atoms with E-state index in [-0.39, 0.29) is 22.3 Å². The van der Waals surface area contributed by atoms with E-state index in [1.54, 1.807) is 38.4 Å². The van der Waals surface area contributed by atoms with Gasteiger partial charge in [0.05, 0.1) is 4.92 Å². The highest BCUT2D eigenvalue weighted by Gasteiger charge is 2.13. The lowest BCUT2D eigenvalue weighted by Gasteiger charge is -2.12. The first-order chi connectivity index (χ1) is 12.3. The Hall–Kier alpha value is -3.33. The fourth-order valence-corrected chi connectivity index (χ4v) is 2.26. The summed E-state index contributed by atoms with van der Waals surface area (Å²) >= 11 is 5.07. The molecule has 8 nitrogen and oxygen atoms in total. The summed E-state index contributed by atoms with van der Waals surface area (Å²) < 4.78 is 0. The number of amides is 2. The van der Waals surface area contributed by atoms with Crippen molar-refractivity contribution >= 4 is 40.5 Å². The molecule has 9 heteroatoms. The standard InChI is InChI=1S/C17H16N4O4S/c1-20(2)16(23)11-6-8-13(9-7-11)18-17(26)19-15(22)12-4-3-5-14(10-12)21(24)25/h3-10H,1-2H3,(H2,18,19,22,26). The number of hydrogen-bond donors (Lipinski definition) is 2. The van der Waals surface area contributed by atoms with E-state index in [0.29, 0.717) is 11.3 Å². The Kier molecular flexibility index (Phi) is 5.97. The molecule has 0 bridgehead atoms. The van der Waals surface area contributed by atoms with E-state index in [1.165, 1.54) is 29.2 Å². The van der Waals surface area contributed by atoms with Crippen LogP contribution >= 0.6 is 12.2 Å². The summed E-state index contributed by atoms with van der Waals surface area (Å²) in [6, 6.07) is 11.9. The topological polar surface area (TPSA) is 105 Å². The van der Waals surface area contributed by atoms with Crippen molar-refractivity contribution in [3.63, 3.8) is 0 Å². The van der Waals surface area contributed by atoms with Gasteiger partial charge in [-0.1, -0.05) is 6.07 Å². The van der Waals surface area contributed by atoms with Gasteiger partial charge < -0.3 is 10.2 Å². The maximum Gasteiger partial charge on any atom is 0.270 e. The van der Waals surface area contributed by atoms with Gasteiger partial charge >= 0.3 is 0 Å². The van der Waals surface area contributed by atoms with Crippen molar-refractivity contribution in [1.82, 2.24) is 10.2 Å². The van der Waals surface area contributed by atoms with Crippen LogP contribution in [0.1, 0.15) is 20.7 Å². The molecular weight excluding hydrogens is 356 g/mol. The van der Waals surface area contributed by atoms with E-state index >= 15 is 0 Å². The molecule has 134 valence electrons. The number of nitrogens with one attached hydrogen (secondary N) is 2. The van der Waals surface area contributed by atoms with Crippen molar-refractivity contribution in [3.8, 4) is 0 Å². The molecule has 0 radical (unpaired) electrons. The van der Waals surface area contributed by atoms with Crippen molar-refractivity contribution in [2.24, 2.45) is 0 Å². The van der Waals surface area contributed by atoms with Crippen LogP contribution in [0.4, 0.5) is 11.4 Å². The molecule has 2 rings (SSSR count). The van der Waals surface area contributed by atoms with Crippen LogP contribution in [0.5, 0.6) is 0 Å². The van der Waals surface area contributed by atoms with Crippen LogP contribution in [-0.2, 0) is 0 Å². The maximum atomic E-state index is 12.1. The lowest BCUT2D eigenvalue weighted by Crippen LogP contribution is -2.34. The summed E-state index contributed by atoms with van der Waals surface area (Å²) in [6.07, 6.45) is 0. The Morgan fingerprint density at radius 1 is 1.08 bits per heavy atom. The molecule has 0 unspecified atom stereocenters. The van der Waals surface area contributed by atoms with Crippen LogP contribution in [0.3, 0.4) is 0 Å². The quantitative estimate of drug-likeness (QED) is 0.485. The number of nitro groups is 1. The second-order valence-electron chi connectivity index (χ2n) is 5.49. The number of non-ortho nitro benzene ring substituents is 1. The van der Waals surface area contributed by atoms with Gasteiger partial charge in [-0.25, -0.2) is 0 Å². The number of anilines is 1. The smallest absolute Gasteiger partial charge is 0.270 e. The predicted octanol–water partition coefficient (Wildman–Crippen LogP) is 2.42. The van der Waals surface area contributed by atoms with E-state index in [4.69, 9.17) is 12.2 Å². The number of benzene rings is 2. The monoisotopic (exact) mass is 372 g/mol. The first-order valence-corrected chi connectivity index (χ1v) is 7.87. The minimum atomic E-state index is -0.579. The number of thiocarbonyl (C=S) groups is 1. The van der Waals surface area contributed by atoms with Crippen LogP contribution in [0.25, 0.3) is 0 Å². The highest BCUT2D eigenvalue weighted by molar-refractivity contribution is 7.80. The van der Waals surface area contributed by atoms with Crippen LogP contribution in [0, 0.1) is 10.1 Å². The zero-order valence-electron chi connectivity index (χ0n) is 14.1. The lowest BCUT2D eigenvalue weighted by atomic mass is 10.2. The van der Waals surface area contributed by atoms with E-state index < -0.39 is 10.8 Å². The van der Waals surface area contributed by atoms with Crippen molar-refractivity contribution in [2.45, 2.75) is 0 Å². The summed E-state index contributed by atoms with van der Waals surface area (Å²) in [4.78, 5) is 35.6. The molecule has 0 aliphatic rings. The Bertz CT molecular complexity index is 865. The van der Waals surface area contributed by atoms with Crippen molar-refractivity contribution in [3.05, 3.63) is 69.8 Å². The number of carbonyl (C=O) groups excluding carboxylic acids is 2. The van der Waals surface area contributed by atoms with Gasteiger partial charge in [-0.15, -0.1) is 0 Å². The van der Waals surface area contributed by atoms with Gasteiger partial charge in [0, 0.05) is 43.0 Å². The SMILES string of the molecule is CN(C)C(=O)c1ccc(NC(=S)NC(=O)c2cccc([N+](=O)[O-])c2)cc1. The third-order valence-corrected chi connectivity index (χ3v) is 3.55. The van der Waals surface area contributed by atoms with Crippen molar-refractivity contribution in [2.75, 3.05) is 19.4 Å². The second-order valence-corrected chi connectivity index (χ2v) is 5.90. The molecule has 0 saturated carbocycles. The zero-order valence-corrected chi connectivity index (χ0v) is 14.9. The highest BCUT2D eigenvalue weighted by Crippen LogP contribution is 2.13. The first-order valence-electron chi connectivity index (χ1n) is 7.46. The molecule has 0 spiro atoms. The van der Waals surface area contributed by atoms with E-state index in [9.17, 15) is 19.7 Å². The number of carbonyl (C=O) groups is 2. The molecule has 26 heavy (non-hydrogen) atoms. The van der Waals surface area contributed by atoms with Gasteiger partial charge in [-0.2, -0.15) is 0 Å². The van der Waals surface area contributed by atoms with E-state index in [1.807, 2.05) is 0 Å². The Balaban J connectivity index is 2.00. The van der Waals surface area contributed by atoms with Gasteiger partial charge in [-0.05, 0) is 42.5 Å². The fraction of sp³-hybridized carbons (Fsp3) is 0.118. The third-order valence-electron chi connectivity index (χ3n) is 3.34. The summed E-state index contributed by atoms with van der Waals surface area (Å²) in [6.45, 7) is 0. The molecule has 0 aromatic heterocycles. The normalized spacial score (nSPS) is 9.92. The van der Waals surface area contributed by atoms with E-state index in [0.717, 1.165) is 0 Å². The Morgan fingerprint density at radius 2 is 1.73 bits per heavy atom. The number of rotatable bonds is 4. The number of nitrogens with zero attached hydrogens (tertiary/aromatic N) is 2. The number of hydrogen-bond acceptors (Lipinski definition) is 5. The van der Waals surface area contributed by atoms with Gasteiger partial charge in [0.15, 0.2) is 5.11 Å². The maximum absolute atomic E-state index is 12.1. The van der Waals surface area contributed by atoms with Gasteiger partial charge in [0.25, 0.3) is 17.5 Å². The molecule has 0 aliphatic heterocycles. The minimum absolute atomic E-state index is 0.0354. The molecule has 2 N–H and O–H groups in total. The van der Waals surface area contributed by atoms with Crippen LogP contribution in [-0.4, -0.2) is 40.8 Å². The van der Waals surface area contributed by atoms with Crippen molar-refractivity contribution in [1.29, 1.82) is 0 Å². The summed E-state index contributed by atoms with van der Waals surface area (Å²) in [5.74, 6) is -0.691. The Labute approximate surface area is 155 Å². The molecule has 0 heterocycles. The molecule has 0 aliphatic carbocycles. The van der Waals surface area contributed by atoms with Crippen LogP contribution in [0.15, 0.2) is 48.5 Å². The average molecular weight is 372 g/mol. The summed E-state index contributed by atoms with van der Waals surface area (Å²) in [5.41, 5.74) is 1.05. The fourth-order valence-electron chi connectivity index (χ4n) is 2.05. The van der Waals surface area contributed by atoms with Crippen molar-refractivity contribution < 1.29 is 14.5 Å².